The molecule has 0 aromatic heterocycles. The van der Waals surface area contributed by atoms with Gasteiger partial charge in [0.05, 0.1) is 12.2 Å². The Balaban J connectivity index is 1.74. The topological polar surface area (TPSA) is 84.9 Å². The number of benzene rings is 2. The Kier molecular flexibility index (Phi) is 6.30. The molecule has 6 heteroatoms. The lowest BCUT2D eigenvalue weighted by Crippen LogP contribution is -2.34. The second kappa shape index (κ2) is 9.30. The van der Waals surface area contributed by atoms with E-state index in [1.54, 1.807) is 12.1 Å². The lowest BCUT2D eigenvalue weighted by molar-refractivity contribution is -0.140. The summed E-state index contributed by atoms with van der Waals surface area (Å²) >= 11 is 0. The average Bonchev–Trinajstić information content (AvgIpc) is 2.79. The number of rotatable bonds is 6. The van der Waals surface area contributed by atoms with Gasteiger partial charge >= 0.3 is 5.97 Å². The van der Waals surface area contributed by atoms with Gasteiger partial charge in [0, 0.05) is 29.3 Å². The van der Waals surface area contributed by atoms with Gasteiger partial charge in [-0.05, 0) is 49.9 Å². The van der Waals surface area contributed by atoms with Crippen molar-refractivity contribution in [1.82, 2.24) is 5.32 Å². The van der Waals surface area contributed by atoms with E-state index in [9.17, 15) is 14.7 Å². The first-order valence-electron chi connectivity index (χ1n) is 10.9. The largest absolute Gasteiger partial charge is 0.504 e. The number of phenolic OH excluding ortho intramolecular Hbond substituents is 1. The standard InChI is InChI=1S/C26H27NO5/c1-3-31-22-14-18(12-13-20(22)28)24-23(26(30)32-15-17-8-5-4-6-9-17)16(2)27-19-10-7-11-21(29)25(19)24/h4-6,8-9,12-14,24,27-28H,3,7,10-11,15H2,1-2H3/t24-/m0/s1. The molecule has 1 atom stereocenters. The SMILES string of the molecule is CCOc1cc([C@H]2C(C(=O)OCc3ccccc3)=C(C)NC3=C2C(=O)CCC3)ccc1O. The molecule has 0 radical (unpaired) electrons. The first-order chi connectivity index (χ1) is 15.5. The van der Waals surface area contributed by atoms with Crippen molar-refractivity contribution in [1.29, 1.82) is 0 Å². The van der Waals surface area contributed by atoms with E-state index in [-0.39, 0.29) is 18.1 Å². The minimum atomic E-state index is -0.581. The van der Waals surface area contributed by atoms with Gasteiger partial charge in [-0.2, -0.15) is 0 Å². The number of aromatic hydroxyl groups is 1. The van der Waals surface area contributed by atoms with Crippen molar-refractivity contribution >= 4 is 11.8 Å². The van der Waals surface area contributed by atoms with Crippen LogP contribution in [-0.2, 0) is 20.9 Å². The molecule has 0 fully saturated rings. The van der Waals surface area contributed by atoms with Gasteiger partial charge in [-0.25, -0.2) is 4.79 Å². The molecule has 0 unspecified atom stereocenters. The van der Waals surface area contributed by atoms with E-state index >= 15 is 0 Å². The van der Waals surface area contributed by atoms with Crippen LogP contribution < -0.4 is 10.1 Å². The lowest BCUT2D eigenvalue weighted by atomic mass is 9.75. The molecule has 2 N–H and O–H groups in total. The summed E-state index contributed by atoms with van der Waals surface area (Å²) in [6, 6.07) is 14.5. The van der Waals surface area contributed by atoms with Crippen LogP contribution in [0, 0.1) is 0 Å². The molecule has 1 aliphatic heterocycles. The molecule has 0 spiro atoms. The van der Waals surface area contributed by atoms with Crippen LogP contribution in [0.2, 0.25) is 0 Å². The number of Topliss-reactive ketones (excluding diaryl/α,β-unsaturated/α-hetero) is 1. The number of allylic oxidation sites excluding steroid dienone is 3. The van der Waals surface area contributed by atoms with E-state index < -0.39 is 11.9 Å². The predicted octanol–water partition coefficient (Wildman–Crippen LogP) is 4.50. The minimum Gasteiger partial charge on any atom is -0.504 e. The quantitative estimate of drug-likeness (QED) is 0.653. The molecular formula is C26H27NO5. The molecular weight excluding hydrogens is 406 g/mol. The van der Waals surface area contributed by atoms with Crippen LogP contribution in [-0.4, -0.2) is 23.5 Å². The zero-order valence-corrected chi connectivity index (χ0v) is 18.3. The Hall–Kier alpha value is -3.54. The van der Waals surface area contributed by atoms with Crippen LogP contribution in [0.1, 0.15) is 50.2 Å². The van der Waals surface area contributed by atoms with Crippen LogP contribution in [0.15, 0.2) is 71.1 Å². The molecule has 4 rings (SSSR count). The Morgan fingerprint density at radius 1 is 1.16 bits per heavy atom. The molecule has 0 amide bonds. The number of carbonyl (C=O) groups excluding carboxylic acids is 2. The fraction of sp³-hybridized carbons (Fsp3) is 0.308. The van der Waals surface area contributed by atoms with Crippen molar-refractivity contribution in [3.05, 3.63) is 82.2 Å². The first kappa shape index (κ1) is 21.7. The van der Waals surface area contributed by atoms with Gasteiger partial charge in [0.15, 0.2) is 17.3 Å². The summed E-state index contributed by atoms with van der Waals surface area (Å²) < 4.78 is 11.2. The highest BCUT2D eigenvalue weighted by Crippen LogP contribution is 2.44. The van der Waals surface area contributed by atoms with Gasteiger partial charge in [0.25, 0.3) is 0 Å². The van der Waals surface area contributed by atoms with Crippen molar-refractivity contribution in [2.45, 2.75) is 45.6 Å². The molecule has 1 heterocycles. The smallest absolute Gasteiger partial charge is 0.337 e. The van der Waals surface area contributed by atoms with Gasteiger partial charge in [0.2, 0.25) is 0 Å². The van der Waals surface area contributed by atoms with E-state index in [1.165, 1.54) is 6.07 Å². The third-order valence-corrected chi connectivity index (χ3v) is 5.83. The Morgan fingerprint density at radius 2 is 1.94 bits per heavy atom. The number of dihydropyridines is 1. The third kappa shape index (κ3) is 4.26. The Labute approximate surface area is 187 Å². The summed E-state index contributed by atoms with van der Waals surface area (Å²) in [5, 5.41) is 13.5. The zero-order valence-electron chi connectivity index (χ0n) is 18.3. The molecule has 166 valence electrons. The normalized spacial score (nSPS) is 18.2. The minimum absolute atomic E-state index is 0.0163. The number of hydrogen-bond acceptors (Lipinski definition) is 6. The van der Waals surface area contributed by atoms with Crippen molar-refractivity contribution in [2.24, 2.45) is 0 Å². The van der Waals surface area contributed by atoms with Crippen molar-refractivity contribution in [3.63, 3.8) is 0 Å². The van der Waals surface area contributed by atoms with Crippen molar-refractivity contribution in [2.75, 3.05) is 6.61 Å². The molecule has 2 aliphatic rings. The van der Waals surface area contributed by atoms with Crippen molar-refractivity contribution < 1.29 is 24.2 Å². The van der Waals surface area contributed by atoms with E-state index in [4.69, 9.17) is 9.47 Å². The Morgan fingerprint density at radius 3 is 2.69 bits per heavy atom. The van der Waals surface area contributed by atoms with Crippen LogP contribution in [0.3, 0.4) is 0 Å². The number of ether oxygens (including phenoxy) is 2. The zero-order chi connectivity index (χ0) is 22.7. The first-order valence-corrected chi connectivity index (χ1v) is 10.9. The van der Waals surface area contributed by atoms with Gasteiger partial charge in [-0.1, -0.05) is 36.4 Å². The molecule has 6 nitrogen and oxygen atoms in total. The van der Waals surface area contributed by atoms with Gasteiger partial charge in [0.1, 0.15) is 6.61 Å². The number of nitrogens with one attached hydrogen (secondary N) is 1. The second-order valence-corrected chi connectivity index (χ2v) is 7.99. The number of esters is 1. The molecule has 2 aromatic rings. The maximum atomic E-state index is 13.3. The summed E-state index contributed by atoms with van der Waals surface area (Å²) in [5.41, 5.74) is 4.13. The van der Waals surface area contributed by atoms with Gasteiger partial charge in [-0.15, -0.1) is 0 Å². The molecule has 0 bridgehead atoms. The van der Waals surface area contributed by atoms with E-state index in [0.29, 0.717) is 41.2 Å². The maximum Gasteiger partial charge on any atom is 0.337 e. The number of hydrogen-bond donors (Lipinski definition) is 2. The summed E-state index contributed by atoms with van der Waals surface area (Å²) in [6.07, 6.45) is 1.97. The number of ketones is 1. The number of carbonyl (C=O) groups is 2. The van der Waals surface area contributed by atoms with Crippen LogP contribution in [0.25, 0.3) is 0 Å². The lowest BCUT2D eigenvalue weighted by Gasteiger charge is -2.34. The highest BCUT2D eigenvalue weighted by molar-refractivity contribution is 6.03. The molecule has 0 saturated heterocycles. The highest BCUT2D eigenvalue weighted by atomic mass is 16.5. The molecule has 0 saturated carbocycles. The van der Waals surface area contributed by atoms with Gasteiger partial charge in [-0.3, -0.25) is 4.79 Å². The summed E-state index contributed by atoms with van der Waals surface area (Å²) in [5.74, 6) is -0.691. The highest BCUT2D eigenvalue weighted by Gasteiger charge is 2.39. The van der Waals surface area contributed by atoms with E-state index in [2.05, 4.69) is 5.32 Å². The van der Waals surface area contributed by atoms with E-state index in [0.717, 1.165) is 24.1 Å². The Bertz CT molecular complexity index is 1100. The third-order valence-electron chi connectivity index (χ3n) is 5.83. The molecule has 1 aliphatic carbocycles. The van der Waals surface area contributed by atoms with Crippen molar-refractivity contribution in [3.8, 4) is 11.5 Å². The van der Waals surface area contributed by atoms with Crippen LogP contribution in [0.4, 0.5) is 0 Å². The van der Waals surface area contributed by atoms with Crippen LogP contribution >= 0.6 is 0 Å². The molecule has 2 aromatic carbocycles. The predicted molar refractivity (Wildman–Crippen MR) is 120 cm³/mol. The maximum absolute atomic E-state index is 13.3. The average molecular weight is 434 g/mol. The van der Waals surface area contributed by atoms with Gasteiger partial charge < -0.3 is 19.9 Å². The monoisotopic (exact) mass is 433 g/mol. The molecule has 32 heavy (non-hydrogen) atoms. The fourth-order valence-electron chi connectivity index (χ4n) is 4.37. The summed E-state index contributed by atoms with van der Waals surface area (Å²) in [4.78, 5) is 26.3. The second-order valence-electron chi connectivity index (χ2n) is 7.99. The van der Waals surface area contributed by atoms with Crippen LogP contribution in [0.5, 0.6) is 11.5 Å². The summed E-state index contributed by atoms with van der Waals surface area (Å²) in [7, 11) is 0. The van der Waals surface area contributed by atoms with E-state index in [1.807, 2.05) is 44.2 Å². The number of phenols is 1. The summed E-state index contributed by atoms with van der Waals surface area (Å²) in [6.45, 7) is 4.19. The fourth-order valence-corrected chi connectivity index (χ4v) is 4.37.